The summed E-state index contributed by atoms with van der Waals surface area (Å²) in [6, 6.07) is 15.5. The number of fused-ring (bicyclic) bond motifs is 1. The Bertz CT molecular complexity index is 872. The molecule has 3 aromatic rings. The first-order valence-corrected chi connectivity index (χ1v) is 9.79. The van der Waals surface area contributed by atoms with Gasteiger partial charge in [0.1, 0.15) is 0 Å². The Labute approximate surface area is 144 Å². The summed E-state index contributed by atoms with van der Waals surface area (Å²) < 4.78 is 1.73. The summed E-state index contributed by atoms with van der Waals surface area (Å²) >= 11 is 3.43. The van der Waals surface area contributed by atoms with Gasteiger partial charge in [-0.25, -0.2) is 4.98 Å². The average molecular weight is 342 g/mol. The van der Waals surface area contributed by atoms with Crippen LogP contribution in [0.25, 0.3) is 16.6 Å². The fraction of sp³-hybridized carbons (Fsp3) is 0.222. The van der Waals surface area contributed by atoms with Crippen LogP contribution < -0.4 is 5.56 Å². The standard InChI is InChI=1S/C18H18N2OS2/c1-13-7-9-14(10-8-13)20-17(21)15-5-3-4-6-16(15)19-18(20)23-12-11-22-2/h3-10H,11-12H2,1-2H3. The van der Waals surface area contributed by atoms with E-state index in [2.05, 4.69) is 6.26 Å². The summed E-state index contributed by atoms with van der Waals surface area (Å²) in [5.74, 6) is 1.96. The summed E-state index contributed by atoms with van der Waals surface area (Å²) in [7, 11) is 0. The Hall–Kier alpha value is -1.72. The summed E-state index contributed by atoms with van der Waals surface area (Å²) in [5.41, 5.74) is 2.79. The van der Waals surface area contributed by atoms with Gasteiger partial charge in [-0.05, 0) is 37.4 Å². The van der Waals surface area contributed by atoms with E-state index in [9.17, 15) is 4.79 Å². The summed E-state index contributed by atoms with van der Waals surface area (Å²) in [4.78, 5) is 17.7. The molecule has 3 nitrogen and oxygen atoms in total. The van der Waals surface area contributed by atoms with Gasteiger partial charge in [-0.3, -0.25) is 9.36 Å². The Balaban J connectivity index is 2.19. The van der Waals surface area contributed by atoms with Crippen LogP contribution in [0.5, 0.6) is 0 Å². The molecule has 0 aliphatic rings. The number of aryl methyl sites for hydroxylation is 1. The van der Waals surface area contributed by atoms with Gasteiger partial charge >= 0.3 is 0 Å². The molecule has 0 fully saturated rings. The molecule has 0 aliphatic heterocycles. The lowest BCUT2D eigenvalue weighted by molar-refractivity contribution is 0.820. The molecule has 0 amide bonds. The molecule has 118 valence electrons. The van der Waals surface area contributed by atoms with Crippen LogP contribution in [0.1, 0.15) is 5.56 Å². The van der Waals surface area contributed by atoms with E-state index >= 15 is 0 Å². The minimum Gasteiger partial charge on any atom is -0.268 e. The molecule has 0 radical (unpaired) electrons. The molecule has 5 heteroatoms. The lowest BCUT2D eigenvalue weighted by atomic mass is 10.2. The van der Waals surface area contributed by atoms with Gasteiger partial charge in [0, 0.05) is 11.5 Å². The monoisotopic (exact) mass is 342 g/mol. The molecule has 3 rings (SSSR count). The summed E-state index contributed by atoms with van der Waals surface area (Å²) in [6.45, 7) is 2.04. The van der Waals surface area contributed by atoms with Crippen molar-refractivity contribution in [3.63, 3.8) is 0 Å². The van der Waals surface area contributed by atoms with Crippen molar-refractivity contribution in [1.29, 1.82) is 0 Å². The van der Waals surface area contributed by atoms with Gasteiger partial charge in [0.05, 0.1) is 16.6 Å². The third-order valence-electron chi connectivity index (χ3n) is 3.56. The first-order valence-electron chi connectivity index (χ1n) is 7.41. The zero-order valence-electron chi connectivity index (χ0n) is 13.2. The van der Waals surface area contributed by atoms with Crippen LogP contribution in [0.4, 0.5) is 0 Å². The van der Waals surface area contributed by atoms with Crippen LogP contribution in [0.3, 0.4) is 0 Å². The molecule has 0 unspecified atom stereocenters. The third-order valence-corrected chi connectivity index (χ3v) is 5.37. The van der Waals surface area contributed by atoms with Gasteiger partial charge in [0.15, 0.2) is 5.16 Å². The fourth-order valence-electron chi connectivity index (χ4n) is 2.35. The molecule has 1 aromatic heterocycles. The van der Waals surface area contributed by atoms with Crippen LogP contribution in [-0.4, -0.2) is 27.3 Å². The van der Waals surface area contributed by atoms with Crippen molar-refractivity contribution in [2.45, 2.75) is 12.1 Å². The first-order chi connectivity index (χ1) is 11.2. The molecular formula is C18H18N2OS2. The van der Waals surface area contributed by atoms with E-state index in [1.807, 2.05) is 55.5 Å². The number of para-hydroxylation sites is 1. The van der Waals surface area contributed by atoms with E-state index in [0.717, 1.165) is 27.9 Å². The average Bonchev–Trinajstić information content (AvgIpc) is 2.57. The van der Waals surface area contributed by atoms with E-state index in [1.54, 1.807) is 28.1 Å². The maximum atomic E-state index is 13.0. The Kier molecular flexibility index (Phi) is 5.08. The second-order valence-electron chi connectivity index (χ2n) is 5.23. The van der Waals surface area contributed by atoms with Crippen molar-refractivity contribution < 1.29 is 0 Å². The van der Waals surface area contributed by atoms with Crippen molar-refractivity contribution >= 4 is 34.4 Å². The van der Waals surface area contributed by atoms with Gasteiger partial charge in [-0.15, -0.1) is 0 Å². The highest BCUT2D eigenvalue weighted by molar-refractivity contribution is 8.02. The molecular weight excluding hydrogens is 324 g/mol. The van der Waals surface area contributed by atoms with Crippen molar-refractivity contribution in [3.05, 3.63) is 64.4 Å². The number of hydrogen-bond acceptors (Lipinski definition) is 4. The van der Waals surface area contributed by atoms with E-state index in [4.69, 9.17) is 4.98 Å². The van der Waals surface area contributed by atoms with E-state index in [1.165, 1.54) is 5.56 Å². The molecule has 1 heterocycles. The molecule has 0 N–H and O–H groups in total. The Morgan fingerprint density at radius 3 is 2.52 bits per heavy atom. The molecule has 0 aliphatic carbocycles. The molecule has 23 heavy (non-hydrogen) atoms. The van der Waals surface area contributed by atoms with Crippen LogP contribution >= 0.6 is 23.5 Å². The maximum Gasteiger partial charge on any atom is 0.266 e. The highest BCUT2D eigenvalue weighted by Crippen LogP contribution is 2.22. The normalized spacial score (nSPS) is 11.0. The van der Waals surface area contributed by atoms with Gasteiger partial charge in [-0.1, -0.05) is 41.6 Å². The predicted molar refractivity (Wildman–Crippen MR) is 101 cm³/mol. The molecule has 0 saturated heterocycles. The number of rotatable bonds is 5. The van der Waals surface area contributed by atoms with Crippen molar-refractivity contribution in [2.75, 3.05) is 17.8 Å². The Morgan fingerprint density at radius 1 is 1.04 bits per heavy atom. The van der Waals surface area contributed by atoms with Crippen LogP contribution in [0.15, 0.2) is 58.5 Å². The predicted octanol–water partition coefficient (Wildman–Crippen LogP) is 4.15. The quantitative estimate of drug-likeness (QED) is 0.396. The first kappa shape index (κ1) is 16.1. The van der Waals surface area contributed by atoms with E-state index < -0.39 is 0 Å². The topological polar surface area (TPSA) is 34.9 Å². The zero-order valence-corrected chi connectivity index (χ0v) is 14.8. The number of hydrogen-bond donors (Lipinski definition) is 0. The second-order valence-corrected chi connectivity index (χ2v) is 7.28. The van der Waals surface area contributed by atoms with Gasteiger partial charge in [-0.2, -0.15) is 11.8 Å². The minimum atomic E-state index is -0.00824. The highest BCUT2D eigenvalue weighted by Gasteiger charge is 2.12. The minimum absolute atomic E-state index is 0.00824. The number of nitrogens with zero attached hydrogens (tertiary/aromatic N) is 2. The lowest BCUT2D eigenvalue weighted by Crippen LogP contribution is -2.21. The molecule has 2 aromatic carbocycles. The van der Waals surface area contributed by atoms with Crippen molar-refractivity contribution in [1.82, 2.24) is 9.55 Å². The SMILES string of the molecule is CSCCSc1nc2ccccc2c(=O)n1-c1ccc(C)cc1. The van der Waals surface area contributed by atoms with Gasteiger partial charge in [0.2, 0.25) is 0 Å². The number of aromatic nitrogens is 2. The molecule has 0 saturated carbocycles. The molecule has 0 atom stereocenters. The van der Waals surface area contributed by atoms with E-state index in [-0.39, 0.29) is 5.56 Å². The number of thioether (sulfide) groups is 2. The second kappa shape index (κ2) is 7.23. The largest absolute Gasteiger partial charge is 0.268 e. The van der Waals surface area contributed by atoms with Crippen molar-refractivity contribution in [3.8, 4) is 5.69 Å². The molecule has 0 bridgehead atoms. The highest BCUT2D eigenvalue weighted by atomic mass is 32.2. The van der Waals surface area contributed by atoms with E-state index in [0.29, 0.717) is 5.39 Å². The smallest absolute Gasteiger partial charge is 0.266 e. The zero-order chi connectivity index (χ0) is 16.2. The van der Waals surface area contributed by atoms with Crippen LogP contribution in [0.2, 0.25) is 0 Å². The summed E-state index contributed by atoms with van der Waals surface area (Å²) in [6.07, 6.45) is 2.08. The van der Waals surface area contributed by atoms with Crippen molar-refractivity contribution in [2.24, 2.45) is 0 Å². The Morgan fingerprint density at radius 2 is 1.78 bits per heavy atom. The summed E-state index contributed by atoms with van der Waals surface area (Å²) in [5, 5.41) is 1.41. The van der Waals surface area contributed by atoms with Crippen LogP contribution in [-0.2, 0) is 0 Å². The van der Waals surface area contributed by atoms with Crippen LogP contribution in [0, 0.1) is 6.92 Å². The molecule has 0 spiro atoms. The lowest BCUT2D eigenvalue weighted by Gasteiger charge is -2.13. The number of benzene rings is 2. The fourth-order valence-corrected chi connectivity index (χ4v) is 4.01. The maximum absolute atomic E-state index is 13.0. The third kappa shape index (κ3) is 3.46. The van der Waals surface area contributed by atoms with Gasteiger partial charge < -0.3 is 0 Å². The van der Waals surface area contributed by atoms with Gasteiger partial charge in [0.25, 0.3) is 5.56 Å².